The maximum atomic E-state index is 10.8. The van der Waals surface area contributed by atoms with Crippen LogP contribution in [-0.2, 0) is 0 Å². The van der Waals surface area contributed by atoms with Gasteiger partial charge in [0.25, 0.3) is 5.69 Å². The Morgan fingerprint density at radius 1 is 1.33 bits per heavy atom. The molecule has 1 aromatic rings. The highest BCUT2D eigenvalue weighted by Gasteiger charge is 2.20. The molecule has 0 saturated heterocycles. The summed E-state index contributed by atoms with van der Waals surface area (Å²) in [6.45, 7) is 1.12. The summed E-state index contributed by atoms with van der Waals surface area (Å²) in [4.78, 5) is 25.5. The molecule has 0 aromatic carbocycles. The summed E-state index contributed by atoms with van der Waals surface area (Å²) in [5.74, 6) is 0.0347. The number of aromatic nitrogens is 1. The Morgan fingerprint density at radius 3 is 2.50 bits per heavy atom. The number of anilines is 1. The van der Waals surface area contributed by atoms with Gasteiger partial charge in [0.2, 0.25) is 5.82 Å². The molecule has 1 rings (SSSR count). The SMILES string of the molecule is CN(C)CCNc1ncc([N+](=O)[O-])cc1[N+](=O)[O-]. The summed E-state index contributed by atoms with van der Waals surface area (Å²) < 4.78 is 0. The molecule has 0 aliphatic rings. The van der Waals surface area contributed by atoms with E-state index in [1.807, 2.05) is 19.0 Å². The van der Waals surface area contributed by atoms with Crippen LogP contribution in [0.5, 0.6) is 0 Å². The zero-order chi connectivity index (χ0) is 13.7. The van der Waals surface area contributed by atoms with Gasteiger partial charge in [0.05, 0.1) is 15.9 Å². The highest BCUT2D eigenvalue weighted by Crippen LogP contribution is 2.25. The van der Waals surface area contributed by atoms with Crippen molar-refractivity contribution in [3.8, 4) is 0 Å². The lowest BCUT2D eigenvalue weighted by Crippen LogP contribution is -2.21. The second-order valence-corrected chi connectivity index (χ2v) is 3.81. The van der Waals surface area contributed by atoms with Crippen molar-refractivity contribution in [1.29, 1.82) is 0 Å². The molecule has 9 nitrogen and oxygen atoms in total. The zero-order valence-corrected chi connectivity index (χ0v) is 9.99. The molecular weight excluding hydrogens is 242 g/mol. The quantitative estimate of drug-likeness (QED) is 0.592. The van der Waals surface area contributed by atoms with Crippen LogP contribution >= 0.6 is 0 Å². The molecule has 0 fully saturated rings. The molecule has 0 atom stereocenters. The van der Waals surface area contributed by atoms with Crippen LogP contribution in [0.3, 0.4) is 0 Å². The Morgan fingerprint density at radius 2 is 2.00 bits per heavy atom. The van der Waals surface area contributed by atoms with E-state index < -0.39 is 21.2 Å². The van der Waals surface area contributed by atoms with E-state index in [-0.39, 0.29) is 5.82 Å². The second-order valence-electron chi connectivity index (χ2n) is 3.81. The molecule has 9 heteroatoms. The van der Waals surface area contributed by atoms with Gasteiger partial charge < -0.3 is 10.2 Å². The Labute approximate surface area is 103 Å². The largest absolute Gasteiger partial charge is 0.363 e. The Bertz CT molecular complexity index is 462. The van der Waals surface area contributed by atoms with Crippen molar-refractivity contribution in [2.24, 2.45) is 0 Å². The van der Waals surface area contributed by atoms with Crippen molar-refractivity contribution in [3.05, 3.63) is 32.5 Å². The van der Waals surface area contributed by atoms with E-state index in [4.69, 9.17) is 0 Å². The highest BCUT2D eigenvalue weighted by atomic mass is 16.6. The third kappa shape index (κ3) is 3.63. The maximum Gasteiger partial charge on any atom is 0.318 e. The first-order chi connectivity index (χ1) is 8.41. The van der Waals surface area contributed by atoms with E-state index in [9.17, 15) is 20.2 Å². The molecule has 0 radical (unpaired) electrons. The summed E-state index contributed by atoms with van der Waals surface area (Å²) in [6, 6.07) is 0.894. The van der Waals surface area contributed by atoms with E-state index in [1.165, 1.54) is 0 Å². The standard InChI is InChI=1S/C9H13N5O4/c1-12(2)4-3-10-9-8(14(17)18)5-7(6-11-9)13(15)16/h5-6H,3-4H2,1-2H3,(H,10,11). The molecule has 1 N–H and O–H groups in total. The number of hydrogen-bond acceptors (Lipinski definition) is 7. The molecule has 0 aliphatic carbocycles. The van der Waals surface area contributed by atoms with Crippen LogP contribution in [0.1, 0.15) is 0 Å². The average Bonchev–Trinajstić information content (AvgIpc) is 2.28. The smallest absolute Gasteiger partial charge is 0.318 e. The lowest BCUT2D eigenvalue weighted by Gasteiger charge is -2.10. The van der Waals surface area contributed by atoms with E-state index in [1.54, 1.807) is 0 Å². The van der Waals surface area contributed by atoms with Crippen LogP contribution in [0.25, 0.3) is 0 Å². The predicted octanol–water partition coefficient (Wildman–Crippen LogP) is 0.871. The predicted molar refractivity (Wildman–Crippen MR) is 64.6 cm³/mol. The van der Waals surface area contributed by atoms with Crippen molar-refractivity contribution in [1.82, 2.24) is 9.88 Å². The third-order valence-electron chi connectivity index (χ3n) is 2.11. The topological polar surface area (TPSA) is 114 Å². The summed E-state index contributed by atoms with van der Waals surface area (Å²) in [5.41, 5.74) is -0.803. The van der Waals surface area contributed by atoms with Crippen LogP contribution in [0.4, 0.5) is 17.2 Å². The van der Waals surface area contributed by atoms with E-state index in [0.29, 0.717) is 13.1 Å². The zero-order valence-electron chi connectivity index (χ0n) is 9.99. The number of hydrogen-bond donors (Lipinski definition) is 1. The lowest BCUT2D eigenvalue weighted by atomic mass is 10.3. The van der Waals surface area contributed by atoms with Crippen LogP contribution < -0.4 is 5.32 Å². The number of nitro groups is 2. The monoisotopic (exact) mass is 255 g/mol. The van der Waals surface area contributed by atoms with Crippen molar-refractivity contribution >= 4 is 17.2 Å². The first kappa shape index (κ1) is 13.8. The van der Waals surface area contributed by atoms with Gasteiger partial charge in [0.15, 0.2) is 0 Å². The van der Waals surface area contributed by atoms with Crippen LogP contribution in [0.15, 0.2) is 12.3 Å². The molecule has 0 saturated carbocycles. The Hall–Kier alpha value is -2.29. The minimum atomic E-state index is -0.719. The Balaban J connectivity index is 2.90. The second kappa shape index (κ2) is 5.87. The molecule has 0 spiro atoms. The lowest BCUT2D eigenvalue weighted by molar-refractivity contribution is -0.394. The number of nitrogens with one attached hydrogen (secondary N) is 1. The fourth-order valence-electron chi connectivity index (χ4n) is 1.22. The van der Waals surface area contributed by atoms with Crippen molar-refractivity contribution in [2.75, 3.05) is 32.5 Å². The minimum Gasteiger partial charge on any atom is -0.363 e. The fraction of sp³-hybridized carbons (Fsp3) is 0.444. The van der Waals surface area contributed by atoms with Gasteiger partial charge in [-0.25, -0.2) is 4.98 Å². The number of pyridine rings is 1. The summed E-state index contributed by atoms with van der Waals surface area (Å²) in [5, 5.41) is 24.1. The van der Waals surface area contributed by atoms with Crippen LogP contribution in [-0.4, -0.2) is 46.9 Å². The fourth-order valence-corrected chi connectivity index (χ4v) is 1.22. The summed E-state index contributed by atoms with van der Waals surface area (Å²) in [7, 11) is 3.72. The highest BCUT2D eigenvalue weighted by molar-refractivity contribution is 5.59. The van der Waals surface area contributed by atoms with Crippen LogP contribution in [0, 0.1) is 20.2 Å². The van der Waals surface area contributed by atoms with E-state index in [0.717, 1.165) is 12.3 Å². The summed E-state index contributed by atoms with van der Waals surface area (Å²) in [6.07, 6.45) is 0.991. The Kier molecular flexibility index (Phi) is 4.49. The molecule has 0 amide bonds. The summed E-state index contributed by atoms with van der Waals surface area (Å²) >= 11 is 0. The van der Waals surface area contributed by atoms with Gasteiger partial charge in [-0.3, -0.25) is 20.2 Å². The first-order valence-electron chi connectivity index (χ1n) is 5.09. The van der Waals surface area contributed by atoms with Gasteiger partial charge in [0, 0.05) is 13.1 Å². The van der Waals surface area contributed by atoms with Gasteiger partial charge in [0.1, 0.15) is 6.20 Å². The van der Waals surface area contributed by atoms with Gasteiger partial charge in [-0.05, 0) is 14.1 Å². The minimum absolute atomic E-state index is 0.0347. The van der Waals surface area contributed by atoms with E-state index >= 15 is 0 Å². The van der Waals surface area contributed by atoms with Crippen molar-refractivity contribution < 1.29 is 9.85 Å². The van der Waals surface area contributed by atoms with Gasteiger partial charge in [-0.1, -0.05) is 0 Å². The third-order valence-corrected chi connectivity index (χ3v) is 2.11. The van der Waals surface area contributed by atoms with Gasteiger partial charge >= 0.3 is 5.69 Å². The van der Waals surface area contributed by atoms with Crippen molar-refractivity contribution in [2.45, 2.75) is 0 Å². The van der Waals surface area contributed by atoms with Gasteiger partial charge in [-0.15, -0.1) is 0 Å². The molecular formula is C9H13N5O4. The molecule has 1 aromatic heterocycles. The number of nitrogens with zero attached hydrogens (tertiary/aromatic N) is 4. The molecule has 0 bridgehead atoms. The number of likely N-dealkylation sites (N-methyl/N-ethyl adjacent to an activating group) is 1. The molecule has 0 unspecified atom stereocenters. The van der Waals surface area contributed by atoms with Crippen molar-refractivity contribution in [3.63, 3.8) is 0 Å². The molecule has 0 aliphatic heterocycles. The van der Waals surface area contributed by atoms with Gasteiger partial charge in [-0.2, -0.15) is 0 Å². The molecule has 98 valence electrons. The van der Waals surface area contributed by atoms with E-state index in [2.05, 4.69) is 10.3 Å². The molecule has 18 heavy (non-hydrogen) atoms. The first-order valence-corrected chi connectivity index (χ1v) is 5.09. The molecule has 1 heterocycles. The number of rotatable bonds is 6. The maximum absolute atomic E-state index is 10.8. The normalized spacial score (nSPS) is 10.4. The average molecular weight is 255 g/mol. The van der Waals surface area contributed by atoms with Crippen LogP contribution in [0.2, 0.25) is 0 Å².